The lowest BCUT2D eigenvalue weighted by Gasteiger charge is -2.33. The van der Waals surface area contributed by atoms with E-state index < -0.39 is 11.6 Å². The molecule has 0 radical (unpaired) electrons. The van der Waals surface area contributed by atoms with Crippen LogP contribution in [0.4, 0.5) is 0 Å². The number of ether oxygens (including phenoxy) is 1. The van der Waals surface area contributed by atoms with Crippen molar-refractivity contribution in [2.75, 3.05) is 32.9 Å². The summed E-state index contributed by atoms with van der Waals surface area (Å²) in [6.45, 7) is 2.86. The fourth-order valence-electron chi connectivity index (χ4n) is 4.45. The van der Waals surface area contributed by atoms with Gasteiger partial charge in [0, 0.05) is 12.1 Å². The second-order valence-electron chi connectivity index (χ2n) is 9.04. The molecule has 1 saturated heterocycles. The number of aliphatic hydroxyl groups is 2. The minimum absolute atomic E-state index is 0.000607. The zero-order valence-corrected chi connectivity index (χ0v) is 20.3. The van der Waals surface area contributed by atoms with Crippen LogP contribution in [0.2, 0.25) is 0 Å². The van der Waals surface area contributed by atoms with Gasteiger partial charge in [0.05, 0.1) is 13.2 Å². The number of aliphatic hydroxyl groups excluding tert-OH is 1. The van der Waals surface area contributed by atoms with Gasteiger partial charge in [-0.05, 0) is 55.1 Å². The number of benzene rings is 3. The first kappa shape index (κ1) is 25.9. The monoisotopic (exact) mass is 491 g/mol. The van der Waals surface area contributed by atoms with Gasteiger partial charge in [0.25, 0.3) is 0 Å². The summed E-state index contributed by atoms with van der Waals surface area (Å²) in [5, 5.41) is 20.6. The molecule has 1 aliphatic heterocycles. The predicted molar refractivity (Wildman–Crippen MR) is 135 cm³/mol. The lowest BCUT2D eigenvalue weighted by atomic mass is 9.86. The zero-order valence-electron chi connectivity index (χ0n) is 20.3. The second kappa shape index (κ2) is 12.6. The van der Waals surface area contributed by atoms with Crippen LogP contribution in [-0.4, -0.2) is 54.0 Å². The summed E-state index contributed by atoms with van der Waals surface area (Å²) in [4.78, 5) is 25.9. The molecule has 1 atom stereocenters. The molecule has 36 heavy (non-hydrogen) atoms. The second-order valence-corrected chi connectivity index (χ2v) is 9.04. The van der Waals surface area contributed by atoms with Crippen LogP contribution in [0.3, 0.4) is 0 Å². The van der Waals surface area contributed by atoms with Gasteiger partial charge in [-0.15, -0.1) is 0 Å². The number of rotatable bonds is 11. The van der Waals surface area contributed by atoms with Gasteiger partial charge in [0.2, 0.25) is 5.60 Å². The molecular weight excluding hydrogens is 458 g/mol. The molecule has 2 N–H and O–H groups in total. The van der Waals surface area contributed by atoms with Crippen LogP contribution in [0.1, 0.15) is 29.5 Å². The smallest absolute Gasteiger partial charge is 0.347 e. The first-order chi connectivity index (χ1) is 17.6. The van der Waals surface area contributed by atoms with E-state index in [4.69, 9.17) is 19.6 Å². The van der Waals surface area contributed by atoms with E-state index in [-0.39, 0.29) is 25.7 Å². The first-order valence-corrected chi connectivity index (χ1v) is 12.3. The number of carbonyl (C=O) groups is 1. The maximum atomic E-state index is 13.4. The van der Waals surface area contributed by atoms with Gasteiger partial charge < -0.3 is 19.8 Å². The molecule has 0 unspecified atom stereocenters. The van der Waals surface area contributed by atoms with Gasteiger partial charge in [-0.2, -0.15) is 4.89 Å². The standard InChI is InChI=1S/C29H33NO6/c31-18-19-35-36-27-13-7-12-26(20-27)29(33,25-10-5-2-6-11-25)28(32)34-22-24-14-16-30(17-15-24)21-23-8-3-1-4-9-23/h1-13,20,24,31,33H,14-19,21-22H2/t29-/m1/s1. The molecule has 4 rings (SSSR count). The minimum Gasteiger partial charge on any atom is -0.463 e. The minimum atomic E-state index is -2.01. The van der Waals surface area contributed by atoms with Crippen molar-refractivity contribution in [2.45, 2.75) is 25.0 Å². The average molecular weight is 492 g/mol. The summed E-state index contributed by atoms with van der Waals surface area (Å²) in [5.41, 5.74) is -0.00289. The highest BCUT2D eigenvalue weighted by Gasteiger charge is 2.42. The molecule has 7 heteroatoms. The molecular formula is C29H33NO6. The molecule has 0 saturated carbocycles. The van der Waals surface area contributed by atoms with Crippen LogP contribution in [0.15, 0.2) is 84.9 Å². The predicted octanol–water partition coefficient (Wildman–Crippen LogP) is 3.68. The molecule has 1 fully saturated rings. The summed E-state index contributed by atoms with van der Waals surface area (Å²) >= 11 is 0. The Hall–Kier alpha value is -3.23. The maximum absolute atomic E-state index is 13.4. The third-order valence-electron chi connectivity index (χ3n) is 6.47. The number of esters is 1. The highest BCUT2D eigenvalue weighted by Crippen LogP contribution is 2.33. The Kier molecular flexibility index (Phi) is 9.08. The molecule has 0 spiro atoms. The van der Waals surface area contributed by atoms with Crippen LogP contribution < -0.4 is 4.89 Å². The van der Waals surface area contributed by atoms with E-state index in [0.29, 0.717) is 16.9 Å². The highest BCUT2D eigenvalue weighted by molar-refractivity contribution is 5.85. The number of nitrogens with zero attached hydrogens (tertiary/aromatic N) is 1. The largest absolute Gasteiger partial charge is 0.463 e. The van der Waals surface area contributed by atoms with Gasteiger partial charge in [0.15, 0.2) is 5.75 Å². The van der Waals surface area contributed by atoms with Crippen molar-refractivity contribution >= 4 is 5.97 Å². The summed E-state index contributed by atoms with van der Waals surface area (Å²) in [7, 11) is 0. The molecule has 0 aliphatic carbocycles. The molecule has 3 aromatic rings. The van der Waals surface area contributed by atoms with Crippen LogP contribution >= 0.6 is 0 Å². The van der Waals surface area contributed by atoms with E-state index in [1.165, 1.54) is 11.6 Å². The topological polar surface area (TPSA) is 88.5 Å². The first-order valence-electron chi connectivity index (χ1n) is 12.3. The maximum Gasteiger partial charge on any atom is 0.347 e. The fraction of sp³-hybridized carbons (Fsp3) is 0.345. The van der Waals surface area contributed by atoms with Crippen molar-refractivity contribution < 1.29 is 29.5 Å². The summed E-state index contributed by atoms with van der Waals surface area (Å²) in [5.74, 6) is -0.190. The SMILES string of the molecule is O=C(OCC1CCN(Cc2ccccc2)CC1)[C@@](O)(c1ccccc1)c1cccc(OOCCO)c1. The molecule has 0 amide bonds. The van der Waals surface area contributed by atoms with E-state index in [0.717, 1.165) is 32.5 Å². The van der Waals surface area contributed by atoms with Crippen molar-refractivity contribution in [1.82, 2.24) is 4.90 Å². The quantitative estimate of drug-likeness (QED) is 0.183. The van der Waals surface area contributed by atoms with Gasteiger partial charge >= 0.3 is 5.97 Å². The Morgan fingerprint density at radius 2 is 1.58 bits per heavy atom. The Morgan fingerprint density at radius 1 is 0.917 bits per heavy atom. The highest BCUT2D eigenvalue weighted by atomic mass is 17.2. The number of hydrogen-bond donors (Lipinski definition) is 2. The fourth-order valence-corrected chi connectivity index (χ4v) is 4.45. The van der Waals surface area contributed by atoms with Crippen molar-refractivity contribution in [3.8, 4) is 5.75 Å². The van der Waals surface area contributed by atoms with Gasteiger partial charge in [-0.25, -0.2) is 4.79 Å². The van der Waals surface area contributed by atoms with E-state index in [1.807, 2.05) is 12.1 Å². The van der Waals surface area contributed by atoms with Crippen LogP contribution in [0, 0.1) is 5.92 Å². The molecule has 190 valence electrons. The molecule has 3 aromatic carbocycles. The van der Waals surface area contributed by atoms with Crippen molar-refractivity contribution in [3.63, 3.8) is 0 Å². The zero-order chi connectivity index (χ0) is 25.2. The van der Waals surface area contributed by atoms with Crippen molar-refractivity contribution in [1.29, 1.82) is 0 Å². The number of piperidine rings is 1. The Morgan fingerprint density at radius 3 is 2.28 bits per heavy atom. The third-order valence-corrected chi connectivity index (χ3v) is 6.47. The lowest BCUT2D eigenvalue weighted by molar-refractivity contribution is -0.212. The number of likely N-dealkylation sites (tertiary alicyclic amines) is 1. The molecule has 7 nitrogen and oxygen atoms in total. The van der Waals surface area contributed by atoms with Crippen molar-refractivity contribution in [2.24, 2.45) is 5.92 Å². The molecule has 1 heterocycles. The van der Waals surface area contributed by atoms with Gasteiger partial charge in [-0.1, -0.05) is 72.8 Å². The van der Waals surface area contributed by atoms with Gasteiger partial charge in [0.1, 0.15) is 6.61 Å². The van der Waals surface area contributed by atoms with Crippen LogP contribution in [0.5, 0.6) is 5.75 Å². The third kappa shape index (κ3) is 6.50. The van der Waals surface area contributed by atoms with Gasteiger partial charge in [-0.3, -0.25) is 4.90 Å². The molecule has 0 bridgehead atoms. The summed E-state index contributed by atoms with van der Waals surface area (Å²) < 4.78 is 5.73. The number of hydrogen-bond acceptors (Lipinski definition) is 7. The Balaban J connectivity index is 1.41. The van der Waals surface area contributed by atoms with E-state index in [9.17, 15) is 9.90 Å². The average Bonchev–Trinajstić information content (AvgIpc) is 2.93. The van der Waals surface area contributed by atoms with E-state index in [1.54, 1.807) is 42.5 Å². The van der Waals surface area contributed by atoms with E-state index >= 15 is 0 Å². The summed E-state index contributed by atoms with van der Waals surface area (Å²) in [6.07, 6.45) is 1.85. The number of carbonyl (C=O) groups excluding carboxylic acids is 1. The Labute approximate surface area is 211 Å². The van der Waals surface area contributed by atoms with Crippen molar-refractivity contribution in [3.05, 3.63) is 102 Å². The normalized spacial score (nSPS) is 16.3. The summed E-state index contributed by atoms with van der Waals surface area (Å²) in [6, 6.07) is 25.6. The van der Waals surface area contributed by atoms with Crippen LogP contribution in [-0.2, 0) is 26.6 Å². The molecule has 0 aromatic heterocycles. The molecule has 1 aliphatic rings. The van der Waals surface area contributed by atoms with Crippen LogP contribution in [0.25, 0.3) is 0 Å². The Bertz CT molecular complexity index is 1090. The van der Waals surface area contributed by atoms with E-state index in [2.05, 4.69) is 29.2 Å². The lowest BCUT2D eigenvalue weighted by Crippen LogP contribution is -2.40.